The van der Waals surface area contributed by atoms with Gasteiger partial charge in [0.05, 0.1) is 16.9 Å². The lowest BCUT2D eigenvalue weighted by Crippen LogP contribution is -2.19. The Labute approximate surface area is 92.5 Å². The second-order valence-corrected chi connectivity index (χ2v) is 3.83. The van der Waals surface area contributed by atoms with E-state index in [1.807, 2.05) is 6.92 Å². The molecule has 84 valence electrons. The minimum Gasteiger partial charge on any atom is -0.478 e. The first-order chi connectivity index (χ1) is 7.58. The van der Waals surface area contributed by atoms with Crippen LogP contribution in [-0.4, -0.2) is 23.0 Å². The number of nitrogens with one attached hydrogen (secondary N) is 2. The highest BCUT2D eigenvalue weighted by Crippen LogP contribution is 2.29. The van der Waals surface area contributed by atoms with Crippen LogP contribution in [0.2, 0.25) is 0 Å². The van der Waals surface area contributed by atoms with Gasteiger partial charge in [0.1, 0.15) is 0 Å². The van der Waals surface area contributed by atoms with E-state index >= 15 is 0 Å². The van der Waals surface area contributed by atoms with E-state index in [1.165, 1.54) is 6.07 Å². The van der Waals surface area contributed by atoms with E-state index in [2.05, 4.69) is 10.6 Å². The van der Waals surface area contributed by atoms with Crippen LogP contribution in [0.5, 0.6) is 0 Å². The second kappa shape index (κ2) is 3.84. The molecule has 1 heterocycles. The minimum atomic E-state index is -1.05. The summed E-state index contributed by atoms with van der Waals surface area (Å²) < 4.78 is 0. The Hall–Kier alpha value is -2.04. The van der Waals surface area contributed by atoms with Gasteiger partial charge in [-0.2, -0.15) is 0 Å². The van der Waals surface area contributed by atoms with Gasteiger partial charge in [-0.3, -0.25) is 4.79 Å². The quantitative estimate of drug-likeness (QED) is 0.670. The van der Waals surface area contributed by atoms with Crippen molar-refractivity contribution in [2.45, 2.75) is 19.4 Å². The molecule has 3 N–H and O–H groups in total. The summed E-state index contributed by atoms with van der Waals surface area (Å²) in [4.78, 5) is 22.5. The van der Waals surface area contributed by atoms with Crippen LogP contribution < -0.4 is 10.6 Å². The molecule has 1 aliphatic heterocycles. The standard InChI is InChI=1S/C11H12N2O3/c1-6-5-9(14)13-10-7(11(15)16)3-2-4-8(10)12-6/h2-4,6,12H,5H2,1H3,(H,13,14)(H,15,16). The van der Waals surface area contributed by atoms with Crippen molar-refractivity contribution in [1.29, 1.82) is 0 Å². The van der Waals surface area contributed by atoms with Gasteiger partial charge in [-0.1, -0.05) is 6.07 Å². The maximum Gasteiger partial charge on any atom is 0.337 e. The molecule has 1 unspecified atom stereocenters. The van der Waals surface area contributed by atoms with Crippen LogP contribution in [0, 0.1) is 0 Å². The fourth-order valence-electron chi connectivity index (χ4n) is 1.77. The number of carboxylic acid groups (broad SMARTS) is 1. The lowest BCUT2D eigenvalue weighted by Gasteiger charge is -2.12. The van der Waals surface area contributed by atoms with Crippen LogP contribution in [0.1, 0.15) is 23.7 Å². The fourth-order valence-corrected chi connectivity index (χ4v) is 1.77. The van der Waals surface area contributed by atoms with Gasteiger partial charge in [0.15, 0.2) is 0 Å². The Balaban J connectivity index is 2.52. The van der Waals surface area contributed by atoms with E-state index < -0.39 is 5.97 Å². The Morgan fingerprint density at radius 1 is 1.50 bits per heavy atom. The number of fused-ring (bicyclic) bond motifs is 1. The Morgan fingerprint density at radius 2 is 2.25 bits per heavy atom. The number of rotatable bonds is 1. The van der Waals surface area contributed by atoms with Crippen molar-refractivity contribution in [3.05, 3.63) is 23.8 Å². The van der Waals surface area contributed by atoms with Gasteiger partial charge in [0.25, 0.3) is 0 Å². The van der Waals surface area contributed by atoms with Gasteiger partial charge in [-0.05, 0) is 19.1 Å². The van der Waals surface area contributed by atoms with Crippen molar-refractivity contribution in [3.63, 3.8) is 0 Å². The topological polar surface area (TPSA) is 78.4 Å². The van der Waals surface area contributed by atoms with E-state index in [4.69, 9.17) is 5.11 Å². The molecule has 0 aromatic heterocycles. The van der Waals surface area contributed by atoms with Crippen LogP contribution in [0.4, 0.5) is 11.4 Å². The first-order valence-corrected chi connectivity index (χ1v) is 5.00. The maximum atomic E-state index is 11.5. The molecule has 0 bridgehead atoms. The summed E-state index contributed by atoms with van der Waals surface area (Å²) in [6.07, 6.45) is 0.327. The van der Waals surface area contributed by atoms with Gasteiger partial charge in [0.2, 0.25) is 5.91 Å². The summed E-state index contributed by atoms with van der Waals surface area (Å²) >= 11 is 0. The molecule has 1 amide bonds. The minimum absolute atomic E-state index is 0.00899. The third-order valence-electron chi connectivity index (χ3n) is 2.45. The zero-order valence-electron chi connectivity index (χ0n) is 8.78. The van der Waals surface area contributed by atoms with Crippen molar-refractivity contribution in [2.24, 2.45) is 0 Å². The number of anilines is 2. The first-order valence-electron chi connectivity index (χ1n) is 5.00. The van der Waals surface area contributed by atoms with E-state index in [-0.39, 0.29) is 17.5 Å². The summed E-state index contributed by atoms with van der Waals surface area (Å²) in [5, 5.41) is 14.7. The van der Waals surface area contributed by atoms with E-state index in [1.54, 1.807) is 12.1 Å². The highest BCUT2D eigenvalue weighted by atomic mass is 16.4. The number of aromatic carboxylic acids is 1. The number of benzene rings is 1. The summed E-state index contributed by atoms with van der Waals surface area (Å²) in [5.74, 6) is -1.22. The fraction of sp³-hybridized carbons (Fsp3) is 0.273. The lowest BCUT2D eigenvalue weighted by atomic mass is 10.1. The van der Waals surface area contributed by atoms with E-state index in [9.17, 15) is 9.59 Å². The van der Waals surface area contributed by atoms with Crippen molar-refractivity contribution in [1.82, 2.24) is 0 Å². The third kappa shape index (κ3) is 1.84. The van der Waals surface area contributed by atoms with Crippen LogP contribution in [0.3, 0.4) is 0 Å². The van der Waals surface area contributed by atoms with Crippen LogP contribution >= 0.6 is 0 Å². The smallest absolute Gasteiger partial charge is 0.337 e. The van der Waals surface area contributed by atoms with Crippen LogP contribution in [0.25, 0.3) is 0 Å². The molecule has 1 aliphatic rings. The Bertz CT molecular complexity index is 457. The number of carboxylic acids is 1. The first kappa shape index (κ1) is 10.5. The van der Waals surface area contributed by atoms with E-state index in [0.717, 1.165) is 0 Å². The van der Waals surface area contributed by atoms with Crippen molar-refractivity contribution in [3.8, 4) is 0 Å². The number of carbonyl (C=O) groups is 2. The zero-order valence-corrected chi connectivity index (χ0v) is 8.78. The average molecular weight is 220 g/mol. The second-order valence-electron chi connectivity index (χ2n) is 3.83. The molecule has 0 aliphatic carbocycles. The van der Waals surface area contributed by atoms with E-state index in [0.29, 0.717) is 17.8 Å². The molecule has 1 aromatic carbocycles. The monoisotopic (exact) mass is 220 g/mol. The lowest BCUT2D eigenvalue weighted by molar-refractivity contribution is -0.116. The van der Waals surface area contributed by atoms with Crippen LogP contribution in [-0.2, 0) is 4.79 Å². The molecule has 16 heavy (non-hydrogen) atoms. The summed E-state index contributed by atoms with van der Waals surface area (Å²) in [7, 11) is 0. The third-order valence-corrected chi connectivity index (χ3v) is 2.45. The maximum absolute atomic E-state index is 11.5. The van der Waals surface area contributed by atoms with Crippen molar-refractivity contribution >= 4 is 23.3 Å². The largest absolute Gasteiger partial charge is 0.478 e. The number of amides is 1. The molecular weight excluding hydrogens is 208 g/mol. The predicted molar refractivity (Wildman–Crippen MR) is 59.7 cm³/mol. The van der Waals surface area contributed by atoms with Gasteiger partial charge in [-0.25, -0.2) is 4.79 Å². The van der Waals surface area contributed by atoms with Gasteiger partial charge >= 0.3 is 5.97 Å². The van der Waals surface area contributed by atoms with Gasteiger partial charge < -0.3 is 15.7 Å². The zero-order chi connectivity index (χ0) is 11.7. The number of para-hydroxylation sites is 1. The van der Waals surface area contributed by atoms with Crippen molar-refractivity contribution in [2.75, 3.05) is 10.6 Å². The molecule has 0 radical (unpaired) electrons. The molecular formula is C11H12N2O3. The van der Waals surface area contributed by atoms with Crippen molar-refractivity contribution < 1.29 is 14.7 Å². The molecule has 0 saturated carbocycles. The average Bonchev–Trinajstić information content (AvgIpc) is 2.33. The molecule has 1 atom stereocenters. The summed E-state index contributed by atoms with van der Waals surface area (Å²) in [6, 6.07) is 4.87. The molecule has 5 heteroatoms. The number of carbonyl (C=O) groups excluding carboxylic acids is 1. The molecule has 0 saturated heterocycles. The number of hydrogen-bond donors (Lipinski definition) is 3. The number of hydrogen-bond acceptors (Lipinski definition) is 3. The Kier molecular flexibility index (Phi) is 2.52. The molecule has 0 spiro atoms. The highest BCUT2D eigenvalue weighted by Gasteiger charge is 2.21. The SMILES string of the molecule is CC1CC(=O)Nc2c(cccc2C(=O)O)N1. The predicted octanol–water partition coefficient (Wildman–Crippen LogP) is 1.53. The molecule has 0 fully saturated rings. The van der Waals surface area contributed by atoms with Gasteiger partial charge in [-0.15, -0.1) is 0 Å². The normalized spacial score (nSPS) is 19.1. The Morgan fingerprint density at radius 3 is 2.94 bits per heavy atom. The summed E-state index contributed by atoms with van der Waals surface area (Å²) in [6.45, 7) is 1.88. The van der Waals surface area contributed by atoms with Gasteiger partial charge in [0, 0.05) is 12.5 Å². The highest BCUT2D eigenvalue weighted by molar-refractivity contribution is 6.05. The molecule has 2 rings (SSSR count). The summed E-state index contributed by atoms with van der Waals surface area (Å²) in [5.41, 5.74) is 1.11. The van der Waals surface area contributed by atoms with Crippen LogP contribution in [0.15, 0.2) is 18.2 Å². The molecule has 1 aromatic rings. The molecule has 5 nitrogen and oxygen atoms in total.